The van der Waals surface area contributed by atoms with E-state index in [4.69, 9.17) is 10.7 Å². The maximum Gasteiger partial charge on any atom is 0.251 e. The van der Waals surface area contributed by atoms with Crippen LogP contribution in [-0.4, -0.2) is 17.4 Å². The molecule has 0 aliphatic carbocycles. The van der Waals surface area contributed by atoms with E-state index in [1.54, 1.807) is 11.3 Å². The Balaban J connectivity index is 1.30. The third-order valence-electron chi connectivity index (χ3n) is 6.89. The van der Waals surface area contributed by atoms with Crippen LogP contribution in [0.5, 0.6) is 0 Å². The standard InChI is InChI=1S/C34H34N4OS/c1-25-32(30-13-6-3-7-14-30)37-34(40-25)38(20-19-26-9-4-2-5-10-26)24-27-15-17-31(18-16-27)33(39)36-23-29-12-8-11-28(21-29)22-35/h2-18,21H,19-20,22-24,35H2,1H3,(H,36,39). The van der Waals surface area contributed by atoms with Crippen LogP contribution in [0.1, 0.15) is 37.5 Å². The van der Waals surface area contributed by atoms with Crippen LogP contribution >= 0.6 is 11.3 Å². The summed E-state index contributed by atoms with van der Waals surface area (Å²) in [5, 5.41) is 4.03. The molecule has 0 aliphatic rings. The summed E-state index contributed by atoms with van der Waals surface area (Å²) in [6, 6.07) is 36.8. The average Bonchev–Trinajstić information content (AvgIpc) is 3.40. The Hall–Kier alpha value is -4.26. The van der Waals surface area contributed by atoms with Gasteiger partial charge in [0.25, 0.3) is 5.91 Å². The zero-order valence-corrected chi connectivity index (χ0v) is 23.5. The van der Waals surface area contributed by atoms with Crippen LogP contribution in [0.4, 0.5) is 5.13 Å². The number of benzene rings is 4. The van der Waals surface area contributed by atoms with Crippen LogP contribution in [0, 0.1) is 6.92 Å². The lowest BCUT2D eigenvalue weighted by molar-refractivity contribution is 0.0951. The molecule has 1 amide bonds. The van der Waals surface area contributed by atoms with Crippen molar-refractivity contribution >= 4 is 22.4 Å². The molecule has 0 bridgehead atoms. The van der Waals surface area contributed by atoms with E-state index in [0.717, 1.165) is 46.0 Å². The molecule has 0 saturated carbocycles. The van der Waals surface area contributed by atoms with Crippen LogP contribution in [-0.2, 0) is 26.1 Å². The Morgan fingerprint density at radius 3 is 2.23 bits per heavy atom. The zero-order chi connectivity index (χ0) is 27.7. The topological polar surface area (TPSA) is 71.2 Å². The number of aromatic nitrogens is 1. The first-order chi connectivity index (χ1) is 19.6. The van der Waals surface area contributed by atoms with Gasteiger partial charge in [-0.2, -0.15) is 0 Å². The molecule has 202 valence electrons. The maximum absolute atomic E-state index is 12.8. The molecule has 40 heavy (non-hydrogen) atoms. The van der Waals surface area contributed by atoms with E-state index in [1.807, 2.05) is 60.7 Å². The average molecular weight is 547 g/mol. The number of hydrogen-bond acceptors (Lipinski definition) is 5. The molecule has 5 nitrogen and oxygen atoms in total. The molecule has 0 fully saturated rings. The van der Waals surface area contributed by atoms with Crippen molar-refractivity contribution < 1.29 is 4.79 Å². The first-order valence-corrected chi connectivity index (χ1v) is 14.4. The monoisotopic (exact) mass is 546 g/mol. The second kappa shape index (κ2) is 13.2. The van der Waals surface area contributed by atoms with Gasteiger partial charge in [-0.15, -0.1) is 11.3 Å². The fourth-order valence-corrected chi connectivity index (χ4v) is 5.62. The Labute approximate surface area is 240 Å². The Morgan fingerprint density at radius 2 is 1.50 bits per heavy atom. The summed E-state index contributed by atoms with van der Waals surface area (Å²) in [7, 11) is 0. The molecule has 6 heteroatoms. The van der Waals surface area contributed by atoms with Crippen LogP contribution < -0.4 is 16.0 Å². The number of nitrogens with two attached hydrogens (primary N) is 1. The number of hydrogen-bond donors (Lipinski definition) is 2. The minimum absolute atomic E-state index is 0.0892. The van der Waals surface area contributed by atoms with Crippen molar-refractivity contribution in [3.63, 3.8) is 0 Å². The van der Waals surface area contributed by atoms with Crippen molar-refractivity contribution in [1.29, 1.82) is 0 Å². The molecule has 0 atom stereocenters. The molecule has 0 spiro atoms. The summed E-state index contributed by atoms with van der Waals surface area (Å²) in [5.41, 5.74) is 13.1. The van der Waals surface area contributed by atoms with E-state index in [1.165, 1.54) is 10.4 Å². The minimum atomic E-state index is -0.0892. The number of nitrogens with zero attached hydrogens (tertiary/aromatic N) is 2. The van der Waals surface area contributed by atoms with Crippen molar-refractivity contribution in [3.8, 4) is 11.3 Å². The van der Waals surface area contributed by atoms with Crippen LogP contribution in [0.25, 0.3) is 11.3 Å². The summed E-state index contributed by atoms with van der Waals surface area (Å²) in [6.45, 7) is 4.64. The highest BCUT2D eigenvalue weighted by atomic mass is 32.1. The lowest BCUT2D eigenvalue weighted by Crippen LogP contribution is -2.25. The van der Waals surface area contributed by atoms with Crippen molar-refractivity contribution in [2.75, 3.05) is 11.4 Å². The first kappa shape index (κ1) is 27.3. The Morgan fingerprint density at radius 1 is 0.825 bits per heavy atom. The molecule has 5 aromatic rings. The van der Waals surface area contributed by atoms with E-state index in [9.17, 15) is 4.79 Å². The predicted molar refractivity (Wildman–Crippen MR) is 165 cm³/mol. The quantitative estimate of drug-likeness (QED) is 0.192. The van der Waals surface area contributed by atoms with Gasteiger partial charge in [-0.3, -0.25) is 4.79 Å². The number of anilines is 1. The van der Waals surface area contributed by atoms with E-state index < -0.39 is 0 Å². The SMILES string of the molecule is Cc1sc(N(CCc2ccccc2)Cc2ccc(C(=O)NCc3cccc(CN)c3)cc2)nc1-c1ccccc1. The van der Waals surface area contributed by atoms with Gasteiger partial charge in [-0.1, -0.05) is 97.1 Å². The zero-order valence-electron chi connectivity index (χ0n) is 22.7. The highest BCUT2D eigenvalue weighted by Gasteiger charge is 2.17. The number of carbonyl (C=O) groups is 1. The van der Waals surface area contributed by atoms with Crippen LogP contribution in [0.15, 0.2) is 109 Å². The number of carbonyl (C=O) groups excluding carboxylic acids is 1. The Bertz CT molecular complexity index is 1530. The first-order valence-electron chi connectivity index (χ1n) is 13.6. The van der Waals surface area contributed by atoms with Gasteiger partial charge in [-0.25, -0.2) is 4.98 Å². The third kappa shape index (κ3) is 7.03. The second-order valence-corrected chi connectivity index (χ2v) is 11.0. The molecule has 1 heterocycles. The molecule has 5 rings (SSSR count). The lowest BCUT2D eigenvalue weighted by atomic mass is 10.1. The van der Waals surface area contributed by atoms with Crippen molar-refractivity contribution in [2.45, 2.75) is 33.0 Å². The molecular formula is C34H34N4OS. The minimum Gasteiger partial charge on any atom is -0.348 e. The summed E-state index contributed by atoms with van der Waals surface area (Å²) < 4.78 is 0. The molecular weight excluding hydrogens is 512 g/mol. The van der Waals surface area contributed by atoms with Gasteiger partial charge in [0.05, 0.1) is 5.69 Å². The third-order valence-corrected chi connectivity index (χ3v) is 7.92. The maximum atomic E-state index is 12.8. The van der Waals surface area contributed by atoms with E-state index >= 15 is 0 Å². The summed E-state index contributed by atoms with van der Waals surface area (Å²) in [6.07, 6.45) is 0.923. The number of amides is 1. The normalized spacial score (nSPS) is 10.8. The summed E-state index contributed by atoms with van der Waals surface area (Å²) in [5.74, 6) is -0.0892. The van der Waals surface area contributed by atoms with Gasteiger partial charge in [0, 0.05) is 42.2 Å². The number of aryl methyl sites for hydroxylation is 1. The van der Waals surface area contributed by atoms with Crippen LogP contribution in [0.3, 0.4) is 0 Å². The second-order valence-electron chi connectivity index (χ2n) is 9.83. The van der Waals surface area contributed by atoms with Gasteiger partial charge in [0.2, 0.25) is 0 Å². The number of nitrogens with one attached hydrogen (secondary N) is 1. The molecule has 4 aromatic carbocycles. The smallest absolute Gasteiger partial charge is 0.251 e. The summed E-state index contributed by atoms with van der Waals surface area (Å²) in [4.78, 5) is 21.4. The van der Waals surface area contributed by atoms with E-state index in [0.29, 0.717) is 25.2 Å². The lowest BCUT2D eigenvalue weighted by Gasteiger charge is -2.22. The molecule has 0 aliphatic heterocycles. The van der Waals surface area contributed by atoms with Crippen molar-refractivity contribution in [1.82, 2.24) is 10.3 Å². The fourth-order valence-electron chi connectivity index (χ4n) is 4.67. The largest absolute Gasteiger partial charge is 0.348 e. The molecule has 0 radical (unpaired) electrons. The molecule has 0 saturated heterocycles. The predicted octanol–water partition coefficient (Wildman–Crippen LogP) is 6.76. The van der Waals surface area contributed by atoms with Gasteiger partial charge in [-0.05, 0) is 47.7 Å². The van der Waals surface area contributed by atoms with Gasteiger partial charge in [0.1, 0.15) is 0 Å². The molecule has 1 aromatic heterocycles. The van der Waals surface area contributed by atoms with Gasteiger partial charge < -0.3 is 16.0 Å². The fraction of sp³-hybridized carbons (Fsp3) is 0.176. The van der Waals surface area contributed by atoms with E-state index in [-0.39, 0.29) is 5.91 Å². The van der Waals surface area contributed by atoms with Crippen LogP contribution in [0.2, 0.25) is 0 Å². The Kier molecular flexibility index (Phi) is 9.01. The summed E-state index contributed by atoms with van der Waals surface area (Å²) >= 11 is 1.73. The van der Waals surface area contributed by atoms with Crippen molar-refractivity contribution in [3.05, 3.63) is 142 Å². The van der Waals surface area contributed by atoms with Crippen molar-refractivity contribution in [2.24, 2.45) is 5.73 Å². The molecule has 3 N–H and O–H groups in total. The van der Waals surface area contributed by atoms with Gasteiger partial charge in [0.15, 0.2) is 5.13 Å². The highest BCUT2D eigenvalue weighted by molar-refractivity contribution is 7.16. The number of thiazole rings is 1. The number of rotatable bonds is 11. The van der Waals surface area contributed by atoms with Gasteiger partial charge >= 0.3 is 0 Å². The molecule has 0 unspecified atom stereocenters. The van der Waals surface area contributed by atoms with E-state index in [2.05, 4.69) is 65.7 Å². The highest BCUT2D eigenvalue weighted by Crippen LogP contribution is 2.33.